The number of aryl methyl sites for hydroxylation is 1. The van der Waals surface area contributed by atoms with Gasteiger partial charge in [-0.15, -0.1) is 0 Å². The zero-order valence-corrected chi connectivity index (χ0v) is 9.74. The van der Waals surface area contributed by atoms with E-state index in [9.17, 15) is 0 Å². The average Bonchev–Trinajstić information content (AvgIpc) is 2.95. The van der Waals surface area contributed by atoms with E-state index in [4.69, 9.17) is 15.0 Å². The Balaban J connectivity index is 2.10. The highest BCUT2D eigenvalue weighted by atomic mass is 16.5. The standard InChI is InChI=1S/C11H19N3O2/c1-15-11(6-2-3-7-11)10-13-9(16-14-10)5-4-8-12/h2-8,12H2,1H3. The highest BCUT2D eigenvalue weighted by Crippen LogP contribution is 2.40. The van der Waals surface area contributed by atoms with Gasteiger partial charge in [-0.25, -0.2) is 0 Å². The van der Waals surface area contributed by atoms with Crippen molar-refractivity contribution in [3.63, 3.8) is 0 Å². The molecule has 1 heterocycles. The summed E-state index contributed by atoms with van der Waals surface area (Å²) < 4.78 is 10.8. The molecule has 5 nitrogen and oxygen atoms in total. The number of ether oxygens (including phenoxy) is 1. The van der Waals surface area contributed by atoms with Gasteiger partial charge in [0.15, 0.2) is 0 Å². The van der Waals surface area contributed by atoms with Gasteiger partial charge >= 0.3 is 0 Å². The Morgan fingerprint density at radius 1 is 1.44 bits per heavy atom. The molecular formula is C11H19N3O2. The Kier molecular flexibility index (Phi) is 3.56. The zero-order chi connectivity index (χ0) is 11.4. The van der Waals surface area contributed by atoms with Crippen LogP contribution in [0.2, 0.25) is 0 Å². The Morgan fingerprint density at radius 2 is 2.19 bits per heavy atom. The first-order valence-corrected chi connectivity index (χ1v) is 5.89. The molecule has 0 amide bonds. The summed E-state index contributed by atoms with van der Waals surface area (Å²) in [5.74, 6) is 1.38. The van der Waals surface area contributed by atoms with E-state index in [1.54, 1.807) is 7.11 Å². The van der Waals surface area contributed by atoms with Gasteiger partial charge < -0.3 is 15.0 Å². The molecule has 1 aliphatic rings. The van der Waals surface area contributed by atoms with E-state index in [2.05, 4.69) is 10.1 Å². The van der Waals surface area contributed by atoms with Crippen molar-refractivity contribution in [1.29, 1.82) is 0 Å². The summed E-state index contributed by atoms with van der Waals surface area (Å²) in [6.07, 6.45) is 5.94. The lowest BCUT2D eigenvalue weighted by molar-refractivity contribution is -0.0178. The van der Waals surface area contributed by atoms with Gasteiger partial charge in [0.05, 0.1) is 0 Å². The van der Waals surface area contributed by atoms with Crippen LogP contribution < -0.4 is 5.73 Å². The molecule has 1 aliphatic carbocycles. The second kappa shape index (κ2) is 4.93. The zero-order valence-electron chi connectivity index (χ0n) is 9.74. The van der Waals surface area contributed by atoms with Crippen LogP contribution in [0.4, 0.5) is 0 Å². The van der Waals surface area contributed by atoms with Gasteiger partial charge in [-0.3, -0.25) is 0 Å². The van der Waals surface area contributed by atoms with E-state index >= 15 is 0 Å². The normalized spacial score (nSPS) is 19.1. The Morgan fingerprint density at radius 3 is 2.81 bits per heavy atom. The van der Waals surface area contributed by atoms with Crippen LogP contribution in [0.3, 0.4) is 0 Å². The van der Waals surface area contributed by atoms with Crippen LogP contribution >= 0.6 is 0 Å². The fraction of sp³-hybridized carbons (Fsp3) is 0.818. The molecule has 1 aromatic heterocycles. The van der Waals surface area contributed by atoms with Gasteiger partial charge in [-0.05, 0) is 38.6 Å². The minimum atomic E-state index is -0.301. The molecule has 0 bridgehead atoms. The van der Waals surface area contributed by atoms with Gasteiger partial charge in [0, 0.05) is 13.5 Å². The Bertz CT molecular complexity index is 332. The van der Waals surface area contributed by atoms with E-state index in [1.807, 2.05) is 0 Å². The van der Waals surface area contributed by atoms with Crippen LogP contribution in [-0.2, 0) is 16.8 Å². The molecular weight excluding hydrogens is 206 g/mol. The number of hydrogen-bond acceptors (Lipinski definition) is 5. The third kappa shape index (κ3) is 2.10. The molecule has 2 N–H and O–H groups in total. The maximum absolute atomic E-state index is 5.59. The third-order valence-corrected chi connectivity index (χ3v) is 3.27. The molecule has 5 heteroatoms. The number of rotatable bonds is 5. The van der Waals surface area contributed by atoms with E-state index < -0.39 is 0 Å². The number of hydrogen-bond donors (Lipinski definition) is 1. The maximum atomic E-state index is 5.59. The number of nitrogens with two attached hydrogens (primary N) is 1. The lowest BCUT2D eigenvalue weighted by Gasteiger charge is -2.22. The smallest absolute Gasteiger partial charge is 0.226 e. The minimum Gasteiger partial charge on any atom is -0.370 e. The van der Waals surface area contributed by atoms with Crippen molar-refractivity contribution in [2.24, 2.45) is 5.73 Å². The van der Waals surface area contributed by atoms with Gasteiger partial charge in [0.25, 0.3) is 0 Å². The molecule has 90 valence electrons. The summed E-state index contributed by atoms with van der Waals surface area (Å²) in [5.41, 5.74) is 5.14. The topological polar surface area (TPSA) is 74.2 Å². The fourth-order valence-electron chi connectivity index (χ4n) is 2.26. The Labute approximate surface area is 95.3 Å². The monoisotopic (exact) mass is 225 g/mol. The van der Waals surface area contributed by atoms with Crippen molar-refractivity contribution in [3.8, 4) is 0 Å². The quantitative estimate of drug-likeness (QED) is 0.819. The fourth-order valence-corrected chi connectivity index (χ4v) is 2.26. The second-order valence-electron chi connectivity index (χ2n) is 4.31. The Hall–Kier alpha value is -0.940. The van der Waals surface area contributed by atoms with Gasteiger partial charge in [0.2, 0.25) is 11.7 Å². The first-order valence-electron chi connectivity index (χ1n) is 5.89. The van der Waals surface area contributed by atoms with Gasteiger partial charge in [-0.1, -0.05) is 5.16 Å². The highest BCUT2D eigenvalue weighted by molar-refractivity contribution is 5.04. The van der Waals surface area contributed by atoms with E-state index in [-0.39, 0.29) is 5.60 Å². The predicted octanol–water partition coefficient (Wildman–Crippen LogP) is 1.38. The molecule has 2 rings (SSSR count). The average molecular weight is 225 g/mol. The molecule has 0 atom stereocenters. The molecule has 16 heavy (non-hydrogen) atoms. The number of nitrogens with zero attached hydrogens (tertiary/aromatic N) is 2. The SMILES string of the molecule is COC1(c2noc(CCCN)n2)CCCC1. The van der Waals surface area contributed by atoms with E-state index in [0.717, 1.165) is 25.7 Å². The maximum Gasteiger partial charge on any atom is 0.226 e. The van der Waals surface area contributed by atoms with Crippen molar-refractivity contribution < 1.29 is 9.26 Å². The molecule has 0 unspecified atom stereocenters. The summed E-state index contributed by atoms with van der Waals surface area (Å²) >= 11 is 0. The first-order chi connectivity index (χ1) is 7.80. The second-order valence-corrected chi connectivity index (χ2v) is 4.31. The summed E-state index contributed by atoms with van der Waals surface area (Å²) in [4.78, 5) is 4.41. The van der Waals surface area contributed by atoms with Crippen molar-refractivity contribution in [1.82, 2.24) is 10.1 Å². The molecule has 0 radical (unpaired) electrons. The summed E-state index contributed by atoms with van der Waals surface area (Å²) in [7, 11) is 1.72. The van der Waals surface area contributed by atoms with E-state index in [0.29, 0.717) is 18.3 Å². The highest BCUT2D eigenvalue weighted by Gasteiger charge is 2.40. The van der Waals surface area contributed by atoms with Crippen molar-refractivity contribution in [2.45, 2.75) is 44.1 Å². The molecule has 1 saturated carbocycles. The van der Waals surface area contributed by atoms with Crippen LogP contribution in [-0.4, -0.2) is 23.8 Å². The van der Waals surface area contributed by atoms with Crippen LogP contribution in [0.15, 0.2) is 4.52 Å². The number of methoxy groups -OCH3 is 1. The first kappa shape index (κ1) is 11.5. The van der Waals surface area contributed by atoms with Gasteiger partial charge in [-0.2, -0.15) is 4.98 Å². The van der Waals surface area contributed by atoms with Crippen molar-refractivity contribution >= 4 is 0 Å². The minimum absolute atomic E-state index is 0.301. The lowest BCUT2D eigenvalue weighted by atomic mass is 10.0. The largest absolute Gasteiger partial charge is 0.370 e. The van der Waals surface area contributed by atoms with Gasteiger partial charge in [0.1, 0.15) is 5.60 Å². The third-order valence-electron chi connectivity index (χ3n) is 3.27. The molecule has 1 aromatic rings. The molecule has 0 aliphatic heterocycles. The summed E-state index contributed by atoms with van der Waals surface area (Å²) in [6, 6.07) is 0. The molecule has 0 spiro atoms. The van der Waals surface area contributed by atoms with Crippen molar-refractivity contribution in [3.05, 3.63) is 11.7 Å². The number of aromatic nitrogens is 2. The van der Waals surface area contributed by atoms with Crippen molar-refractivity contribution in [2.75, 3.05) is 13.7 Å². The lowest BCUT2D eigenvalue weighted by Crippen LogP contribution is -2.26. The predicted molar refractivity (Wildman–Crippen MR) is 58.8 cm³/mol. The van der Waals surface area contributed by atoms with Crippen LogP contribution in [0.1, 0.15) is 43.8 Å². The molecule has 0 aromatic carbocycles. The van der Waals surface area contributed by atoms with E-state index in [1.165, 1.54) is 12.8 Å². The molecule has 1 fully saturated rings. The molecule has 0 saturated heterocycles. The summed E-state index contributed by atoms with van der Waals surface area (Å²) in [6.45, 7) is 0.646. The summed E-state index contributed by atoms with van der Waals surface area (Å²) in [5, 5.41) is 4.04. The van der Waals surface area contributed by atoms with Crippen LogP contribution in [0.5, 0.6) is 0 Å². The van der Waals surface area contributed by atoms with Crippen LogP contribution in [0, 0.1) is 0 Å². The van der Waals surface area contributed by atoms with Crippen LogP contribution in [0.25, 0.3) is 0 Å².